The van der Waals surface area contributed by atoms with E-state index in [2.05, 4.69) is 17.2 Å². The average molecular weight is 280 g/mol. The highest BCUT2D eigenvalue weighted by atomic mass is 32.2. The first kappa shape index (κ1) is 15.2. The van der Waals surface area contributed by atoms with Crippen LogP contribution in [0.1, 0.15) is 12.5 Å². The van der Waals surface area contributed by atoms with Crippen molar-refractivity contribution in [3.63, 3.8) is 0 Å². The predicted molar refractivity (Wildman–Crippen MR) is 75.3 cm³/mol. The first-order valence-electron chi connectivity index (χ1n) is 5.63. The van der Waals surface area contributed by atoms with Crippen molar-refractivity contribution in [1.82, 2.24) is 0 Å². The highest BCUT2D eigenvalue weighted by molar-refractivity contribution is 7.92. The normalized spacial score (nSPS) is 12.2. The summed E-state index contributed by atoms with van der Waals surface area (Å²) in [7, 11) is -3.39. The number of carbonyl (C=O) groups is 1. The Morgan fingerprint density at radius 2 is 1.95 bits per heavy atom. The van der Waals surface area contributed by atoms with Gasteiger partial charge in [0.15, 0.2) is 9.84 Å². The number of hydrogen-bond acceptors (Lipinski definition) is 4. The Bertz CT molecular complexity index is 610. The molecular weight excluding hydrogens is 264 g/mol. The van der Waals surface area contributed by atoms with Crippen molar-refractivity contribution in [1.29, 1.82) is 0 Å². The molecule has 0 aliphatic heterocycles. The maximum Gasteiger partial charge on any atom is 0.242 e. The second-order valence-electron chi connectivity index (χ2n) is 4.04. The van der Waals surface area contributed by atoms with Crippen molar-refractivity contribution in [3.05, 3.63) is 29.8 Å². The summed E-state index contributed by atoms with van der Waals surface area (Å²) in [6.07, 6.45) is 1.03. The van der Waals surface area contributed by atoms with Gasteiger partial charge in [-0.15, -0.1) is 0 Å². The van der Waals surface area contributed by atoms with Gasteiger partial charge in [0.2, 0.25) is 5.91 Å². The lowest BCUT2D eigenvalue weighted by atomic mass is 10.2. The van der Waals surface area contributed by atoms with Crippen molar-refractivity contribution in [2.75, 3.05) is 18.1 Å². The van der Waals surface area contributed by atoms with Crippen molar-refractivity contribution in [2.45, 2.75) is 12.2 Å². The van der Waals surface area contributed by atoms with Gasteiger partial charge in [0.1, 0.15) is 5.25 Å². The molecule has 19 heavy (non-hydrogen) atoms. The third-order valence-electron chi connectivity index (χ3n) is 2.50. The summed E-state index contributed by atoms with van der Waals surface area (Å²) in [5.74, 6) is 5.01. The molecule has 1 aromatic rings. The van der Waals surface area contributed by atoms with Gasteiger partial charge in [-0.25, -0.2) is 8.42 Å². The first-order valence-corrected chi connectivity index (χ1v) is 7.59. The number of hydrogen-bond donors (Lipinski definition) is 2. The SMILES string of the molecule is CC(C(=O)Nc1ccc(C#CCN)cc1)S(C)(=O)=O. The molecule has 0 aliphatic carbocycles. The Kier molecular flexibility index (Phi) is 5.10. The molecule has 5 nitrogen and oxygen atoms in total. The highest BCUT2D eigenvalue weighted by Crippen LogP contribution is 2.10. The quantitative estimate of drug-likeness (QED) is 0.783. The van der Waals surface area contributed by atoms with Crippen LogP contribution < -0.4 is 11.1 Å². The second kappa shape index (κ2) is 6.36. The fourth-order valence-electron chi connectivity index (χ4n) is 1.23. The van der Waals surface area contributed by atoms with Gasteiger partial charge in [0, 0.05) is 17.5 Å². The van der Waals surface area contributed by atoms with Crippen LogP contribution in [0.3, 0.4) is 0 Å². The molecule has 0 bridgehead atoms. The Hall–Kier alpha value is -1.84. The van der Waals surface area contributed by atoms with Gasteiger partial charge >= 0.3 is 0 Å². The minimum Gasteiger partial charge on any atom is -0.325 e. The van der Waals surface area contributed by atoms with Crippen LogP contribution in [0.15, 0.2) is 24.3 Å². The Morgan fingerprint density at radius 1 is 1.37 bits per heavy atom. The molecule has 0 heterocycles. The summed E-state index contributed by atoms with van der Waals surface area (Å²) in [6, 6.07) is 6.77. The molecule has 0 saturated carbocycles. The van der Waals surface area contributed by atoms with E-state index in [0.717, 1.165) is 11.8 Å². The van der Waals surface area contributed by atoms with Crippen LogP contribution in [0.2, 0.25) is 0 Å². The molecule has 1 rings (SSSR count). The molecule has 1 amide bonds. The van der Waals surface area contributed by atoms with E-state index in [1.165, 1.54) is 6.92 Å². The van der Waals surface area contributed by atoms with Crippen LogP contribution in [0.4, 0.5) is 5.69 Å². The molecular formula is C13H16N2O3S. The van der Waals surface area contributed by atoms with Gasteiger partial charge in [-0.3, -0.25) is 4.79 Å². The van der Waals surface area contributed by atoms with Crippen LogP contribution >= 0.6 is 0 Å². The number of nitrogens with one attached hydrogen (secondary N) is 1. The Balaban J connectivity index is 2.76. The first-order chi connectivity index (χ1) is 8.84. The van der Waals surface area contributed by atoms with E-state index in [0.29, 0.717) is 5.69 Å². The molecule has 3 N–H and O–H groups in total. The summed E-state index contributed by atoms with van der Waals surface area (Å²) in [5.41, 5.74) is 6.56. The van der Waals surface area contributed by atoms with E-state index in [1.807, 2.05) is 0 Å². The predicted octanol–water partition coefficient (Wildman–Crippen LogP) is 0.368. The van der Waals surface area contributed by atoms with Crippen LogP contribution in [0.5, 0.6) is 0 Å². The van der Waals surface area contributed by atoms with E-state index >= 15 is 0 Å². The minimum absolute atomic E-state index is 0.282. The monoisotopic (exact) mass is 280 g/mol. The lowest BCUT2D eigenvalue weighted by molar-refractivity contribution is -0.115. The summed E-state index contributed by atoms with van der Waals surface area (Å²) >= 11 is 0. The summed E-state index contributed by atoms with van der Waals surface area (Å²) in [4.78, 5) is 11.7. The molecule has 1 aromatic carbocycles. The van der Waals surface area contributed by atoms with Gasteiger partial charge < -0.3 is 11.1 Å². The van der Waals surface area contributed by atoms with E-state index < -0.39 is 21.0 Å². The Labute approximate surface area is 113 Å². The summed E-state index contributed by atoms with van der Waals surface area (Å²) in [5, 5.41) is 1.46. The standard InChI is InChI=1S/C13H16N2O3S/c1-10(19(2,17)18)13(16)15-12-7-5-11(6-8-12)4-3-9-14/h5-8,10H,9,14H2,1-2H3,(H,15,16). The minimum atomic E-state index is -3.39. The van der Waals surface area contributed by atoms with Crippen molar-refractivity contribution in [3.8, 4) is 11.8 Å². The lowest BCUT2D eigenvalue weighted by Crippen LogP contribution is -2.31. The summed E-state index contributed by atoms with van der Waals surface area (Å²) in [6.45, 7) is 1.64. The molecule has 0 aromatic heterocycles. The zero-order chi connectivity index (χ0) is 14.5. The number of benzene rings is 1. The number of amides is 1. The largest absolute Gasteiger partial charge is 0.325 e. The molecule has 1 atom stereocenters. The van der Waals surface area contributed by atoms with Crippen LogP contribution in [-0.2, 0) is 14.6 Å². The molecule has 102 valence electrons. The second-order valence-corrected chi connectivity index (χ2v) is 6.41. The molecule has 0 saturated heterocycles. The lowest BCUT2D eigenvalue weighted by Gasteiger charge is -2.10. The third kappa shape index (κ3) is 4.73. The number of rotatable bonds is 3. The zero-order valence-electron chi connectivity index (χ0n) is 10.8. The van der Waals surface area contributed by atoms with E-state index in [9.17, 15) is 13.2 Å². The fourth-order valence-corrected chi connectivity index (χ4v) is 1.68. The summed E-state index contributed by atoms with van der Waals surface area (Å²) < 4.78 is 22.5. The van der Waals surface area contributed by atoms with Crippen molar-refractivity contribution >= 4 is 21.4 Å². The maximum absolute atomic E-state index is 11.7. The topological polar surface area (TPSA) is 89.3 Å². The fraction of sp³-hybridized carbons (Fsp3) is 0.308. The number of nitrogens with two attached hydrogens (primary N) is 1. The maximum atomic E-state index is 11.7. The van der Waals surface area contributed by atoms with Gasteiger partial charge in [0.25, 0.3) is 0 Å². The van der Waals surface area contributed by atoms with E-state index in [4.69, 9.17) is 5.73 Å². The van der Waals surface area contributed by atoms with Gasteiger partial charge in [-0.05, 0) is 31.2 Å². The van der Waals surface area contributed by atoms with Crippen molar-refractivity contribution in [2.24, 2.45) is 5.73 Å². The smallest absolute Gasteiger partial charge is 0.242 e. The number of carbonyl (C=O) groups excluding carboxylic acids is 1. The van der Waals surface area contributed by atoms with E-state index in [-0.39, 0.29) is 6.54 Å². The van der Waals surface area contributed by atoms with Crippen LogP contribution in [-0.4, -0.2) is 32.4 Å². The van der Waals surface area contributed by atoms with Gasteiger partial charge in [0.05, 0.1) is 6.54 Å². The van der Waals surface area contributed by atoms with Gasteiger partial charge in [-0.1, -0.05) is 11.8 Å². The number of sulfone groups is 1. The molecule has 0 spiro atoms. The van der Waals surface area contributed by atoms with Crippen LogP contribution in [0, 0.1) is 11.8 Å². The third-order valence-corrected chi connectivity index (χ3v) is 4.00. The zero-order valence-corrected chi connectivity index (χ0v) is 11.6. The molecule has 6 heteroatoms. The van der Waals surface area contributed by atoms with Gasteiger partial charge in [-0.2, -0.15) is 0 Å². The Morgan fingerprint density at radius 3 is 2.42 bits per heavy atom. The van der Waals surface area contributed by atoms with Crippen LogP contribution in [0.25, 0.3) is 0 Å². The molecule has 1 unspecified atom stereocenters. The molecule has 0 radical (unpaired) electrons. The molecule has 0 fully saturated rings. The highest BCUT2D eigenvalue weighted by Gasteiger charge is 2.23. The number of anilines is 1. The average Bonchev–Trinajstić information content (AvgIpc) is 2.36. The van der Waals surface area contributed by atoms with Crippen molar-refractivity contribution < 1.29 is 13.2 Å². The molecule has 0 aliphatic rings. The van der Waals surface area contributed by atoms with E-state index in [1.54, 1.807) is 24.3 Å².